The molecule has 9 heteroatoms. The van der Waals surface area contributed by atoms with Crippen LogP contribution in [-0.2, 0) is 18.4 Å². The van der Waals surface area contributed by atoms with E-state index in [1.165, 1.54) is 295 Å². The molecule has 0 rings (SSSR count). The SMILES string of the molecule is CCCCCCC/C=C\C/C=C\C/C=C\CCCCCCCCCCCCCCCCCCCCCCCCCCC(=O)NC(COP(=O)(O)OCC[N+](C)(C)C)C(O)/C=C/CC/C=C/CC/C=C/CCCCCCCCCCCCCCCCCCC. The standard InChI is InChI=1S/C79H149N2O6P/c1-6-8-10-12-14-16-18-20-22-24-26-28-30-32-34-35-36-37-38-39-40-41-42-43-44-45-47-49-51-53-55-57-59-61-63-65-67-69-71-73-79(83)80-77(76-87-88(84,85)86-75-74-81(3,4)5)78(82)72-70-68-66-64-62-60-58-56-54-52-50-48-46-33-31-29-27-25-23-21-19-17-15-13-11-9-7-2/h18,20,24,26,30,32,54,56,62,64,70,72,77-78,82H,6-17,19,21-23,25,27-29,31,33-53,55,57-61,63,65-69,71,73-76H2,1-5H3,(H-,80,83,84,85)/p+1/b20-18-,26-24-,32-30-,56-54+,64-62+,72-70+. The molecule has 0 fully saturated rings. The Balaban J connectivity index is 4.01. The Bertz CT molecular complexity index is 1670. The van der Waals surface area contributed by atoms with E-state index in [2.05, 4.69) is 79.9 Å². The number of likely N-dealkylation sites (N-methyl/N-ethyl adjacent to an activating group) is 1. The van der Waals surface area contributed by atoms with E-state index in [1.54, 1.807) is 6.08 Å². The number of aliphatic hydroxyl groups excluding tert-OH is 1. The van der Waals surface area contributed by atoms with E-state index >= 15 is 0 Å². The Morgan fingerprint density at radius 3 is 0.989 bits per heavy atom. The second-order valence-electron chi connectivity index (χ2n) is 27.4. The molecule has 0 saturated carbocycles. The molecule has 3 atom stereocenters. The number of carbonyl (C=O) groups is 1. The van der Waals surface area contributed by atoms with Gasteiger partial charge in [0.1, 0.15) is 13.2 Å². The molecule has 516 valence electrons. The van der Waals surface area contributed by atoms with Gasteiger partial charge in [-0.3, -0.25) is 13.8 Å². The van der Waals surface area contributed by atoms with Crippen LogP contribution in [0.15, 0.2) is 72.9 Å². The highest BCUT2D eigenvalue weighted by molar-refractivity contribution is 7.47. The van der Waals surface area contributed by atoms with Gasteiger partial charge in [-0.05, 0) is 83.5 Å². The van der Waals surface area contributed by atoms with Gasteiger partial charge in [-0.1, -0.05) is 356 Å². The summed E-state index contributed by atoms with van der Waals surface area (Å²) in [7, 11) is 1.56. The van der Waals surface area contributed by atoms with Gasteiger partial charge in [0.15, 0.2) is 0 Å². The summed E-state index contributed by atoms with van der Waals surface area (Å²) in [6.07, 6.45) is 98.0. The van der Waals surface area contributed by atoms with Gasteiger partial charge in [0.25, 0.3) is 0 Å². The molecule has 0 saturated heterocycles. The molecule has 0 bridgehead atoms. The molecule has 8 nitrogen and oxygen atoms in total. The van der Waals surface area contributed by atoms with Crippen molar-refractivity contribution in [2.45, 2.75) is 386 Å². The molecule has 0 aliphatic carbocycles. The predicted molar refractivity (Wildman–Crippen MR) is 387 cm³/mol. The fourth-order valence-electron chi connectivity index (χ4n) is 11.4. The summed E-state index contributed by atoms with van der Waals surface area (Å²) in [6, 6.07) is -0.873. The molecular formula is C79H150N2O6P+. The molecule has 3 unspecified atom stereocenters. The van der Waals surface area contributed by atoms with Crippen LogP contribution in [0.4, 0.5) is 0 Å². The number of rotatable bonds is 71. The van der Waals surface area contributed by atoms with Gasteiger partial charge in [-0.25, -0.2) is 4.57 Å². The third-order valence-electron chi connectivity index (χ3n) is 17.4. The van der Waals surface area contributed by atoms with Crippen molar-refractivity contribution in [2.75, 3.05) is 40.9 Å². The first-order chi connectivity index (χ1) is 43.0. The fourth-order valence-corrected chi connectivity index (χ4v) is 12.2. The van der Waals surface area contributed by atoms with Crippen LogP contribution in [0.5, 0.6) is 0 Å². The van der Waals surface area contributed by atoms with Crippen LogP contribution in [0.3, 0.4) is 0 Å². The zero-order valence-corrected chi connectivity index (χ0v) is 60.1. The second kappa shape index (κ2) is 69.3. The van der Waals surface area contributed by atoms with Crippen molar-refractivity contribution < 1.29 is 32.9 Å². The first-order valence-electron chi connectivity index (χ1n) is 38.3. The van der Waals surface area contributed by atoms with Crippen LogP contribution >= 0.6 is 7.82 Å². The summed E-state index contributed by atoms with van der Waals surface area (Å²) in [5, 5.41) is 14.0. The lowest BCUT2D eigenvalue weighted by atomic mass is 10.0. The Hall–Kier alpha value is -2.06. The van der Waals surface area contributed by atoms with Crippen molar-refractivity contribution in [3.05, 3.63) is 72.9 Å². The molecule has 1 amide bonds. The first-order valence-corrected chi connectivity index (χ1v) is 39.8. The van der Waals surface area contributed by atoms with E-state index < -0.39 is 20.0 Å². The summed E-state index contributed by atoms with van der Waals surface area (Å²) >= 11 is 0. The largest absolute Gasteiger partial charge is 0.472 e. The lowest BCUT2D eigenvalue weighted by molar-refractivity contribution is -0.870. The highest BCUT2D eigenvalue weighted by Crippen LogP contribution is 2.43. The number of aliphatic hydroxyl groups is 1. The molecule has 0 heterocycles. The Labute approximate surface area is 548 Å². The molecule has 88 heavy (non-hydrogen) atoms. The molecule has 0 aliphatic rings. The van der Waals surface area contributed by atoms with E-state index in [0.717, 1.165) is 57.8 Å². The van der Waals surface area contributed by atoms with Crippen LogP contribution in [0.1, 0.15) is 373 Å². The molecular weight excluding hydrogens is 1100 g/mol. The Morgan fingerprint density at radius 1 is 0.386 bits per heavy atom. The summed E-state index contributed by atoms with van der Waals surface area (Å²) in [4.78, 5) is 23.5. The van der Waals surface area contributed by atoms with Gasteiger partial charge in [0, 0.05) is 6.42 Å². The fraction of sp³-hybridized carbons (Fsp3) is 0.835. The average Bonchev–Trinajstić information content (AvgIpc) is 3.70. The second-order valence-corrected chi connectivity index (χ2v) is 28.8. The van der Waals surface area contributed by atoms with Crippen LogP contribution in [-0.4, -0.2) is 73.4 Å². The lowest BCUT2D eigenvalue weighted by Gasteiger charge is -2.25. The molecule has 0 aromatic heterocycles. The van der Waals surface area contributed by atoms with Crippen molar-refractivity contribution >= 4 is 13.7 Å². The topological polar surface area (TPSA) is 105 Å². The number of hydrogen-bond donors (Lipinski definition) is 3. The normalized spacial score (nSPS) is 13.9. The quantitative estimate of drug-likeness (QED) is 0.0243. The monoisotopic (exact) mass is 1250 g/mol. The van der Waals surface area contributed by atoms with Crippen molar-refractivity contribution in [3.63, 3.8) is 0 Å². The number of quaternary nitrogens is 1. The van der Waals surface area contributed by atoms with Crippen molar-refractivity contribution in [1.82, 2.24) is 5.32 Å². The number of nitrogens with zero attached hydrogens (tertiary/aromatic N) is 1. The number of unbranched alkanes of at least 4 members (excludes halogenated alkanes) is 48. The Morgan fingerprint density at radius 2 is 0.659 bits per heavy atom. The number of phosphoric acid groups is 1. The Kier molecular flexibility index (Phi) is 67.7. The van der Waals surface area contributed by atoms with Gasteiger partial charge in [0.05, 0.1) is 39.9 Å². The van der Waals surface area contributed by atoms with E-state index in [4.69, 9.17) is 9.05 Å². The summed E-state index contributed by atoms with van der Waals surface area (Å²) in [5.41, 5.74) is 0. The van der Waals surface area contributed by atoms with Gasteiger partial charge < -0.3 is 19.8 Å². The third kappa shape index (κ3) is 71.4. The number of phosphoric ester groups is 1. The van der Waals surface area contributed by atoms with Crippen molar-refractivity contribution in [2.24, 2.45) is 0 Å². The van der Waals surface area contributed by atoms with E-state index in [-0.39, 0.29) is 19.1 Å². The number of amides is 1. The maximum absolute atomic E-state index is 13.1. The zero-order valence-electron chi connectivity index (χ0n) is 59.2. The van der Waals surface area contributed by atoms with Gasteiger partial charge in [0.2, 0.25) is 5.91 Å². The maximum Gasteiger partial charge on any atom is 0.472 e. The predicted octanol–water partition coefficient (Wildman–Crippen LogP) is 24.9. The number of nitrogens with one attached hydrogen (secondary N) is 1. The van der Waals surface area contributed by atoms with Crippen LogP contribution < -0.4 is 5.32 Å². The number of allylic oxidation sites excluding steroid dienone is 11. The lowest BCUT2D eigenvalue weighted by Crippen LogP contribution is -2.45. The zero-order chi connectivity index (χ0) is 64.1. The molecule has 0 spiro atoms. The van der Waals surface area contributed by atoms with Crippen molar-refractivity contribution in [1.29, 1.82) is 0 Å². The number of hydrogen-bond acceptors (Lipinski definition) is 5. The number of carbonyl (C=O) groups excluding carboxylic acids is 1. The summed E-state index contributed by atoms with van der Waals surface area (Å²) in [6.45, 7) is 4.82. The maximum atomic E-state index is 13.1. The molecule has 0 radical (unpaired) electrons. The van der Waals surface area contributed by atoms with E-state index in [9.17, 15) is 19.4 Å². The molecule has 3 N–H and O–H groups in total. The smallest absolute Gasteiger partial charge is 0.387 e. The van der Waals surface area contributed by atoms with Gasteiger partial charge in [-0.15, -0.1) is 0 Å². The van der Waals surface area contributed by atoms with Gasteiger partial charge >= 0.3 is 7.82 Å². The average molecular weight is 1260 g/mol. The summed E-state index contributed by atoms with van der Waals surface area (Å²) in [5.74, 6) is -0.185. The van der Waals surface area contributed by atoms with Crippen LogP contribution in [0.25, 0.3) is 0 Å². The van der Waals surface area contributed by atoms with Gasteiger partial charge in [-0.2, -0.15) is 0 Å². The van der Waals surface area contributed by atoms with E-state index in [1.807, 2.05) is 27.2 Å². The third-order valence-corrected chi connectivity index (χ3v) is 18.4. The highest BCUT2D eigenvalue weighted by Gasteiger charge is 2.28. The molecule has 0 aliphatic heterocycles. The minimum absolute atomic E-state index is 0.0535. The molecule has 0 aromatic rings. The first kappa shape index (κ1) is 85.9. The highest BCUT2D eigenvalue weighted by atomic mass is 31.2. The van der Waals surface area contributed by atoms with Crippen LogP contribution in [0.2, 0.25) is 0 Å². The van der Waals surface area contributed by atoms with Crippen LogP contribution in [0, 0.1) is 0 Å². The minimum atomic E-state index is -4.37. The minimum Gasteiger partial charge on any atom is -0.387 e. The summed E-state index contributed by atoms with van der Waals surface area (Å²) < 4.78 is 23.8. The molecule has 0 aromatic carbocycles. The van der Waals surface area contributed by atoms with E-state index in [0.29, 0.717) is 17.4 Å². The van der Waals surface area contributed by atoms with Crippen molar-refractivity contribution in [3.8, 4) is 0 Å².